The second kappa shape index (κ2) is 6.89. The molecule has 21 heavy (non-hydrogen) atoms. The largest absolute Gasteiger partial charge is 0.349 e. The van der Waals surface area contributed by atoms with Gasteiger partial charge in [-0.1, -0.05) is 0 Å². The Kier molecular flexibility index (Phi) is 5.95. The SMILES string of the molecule is Cc1cc(S(=O)(=O)Cl)cc(C(=O)NC(C)CS(C)=O)c1C. The predicted molar refractivity (Wildman–Crippen MR) is 84.8 cm³/mol. The van der Waals surface area contributed by atoms with Gasteiger partial charge in [0.2, 0.25) is 0 Å². The van der Waals surface area contributed by atoms with E-state index >= 15 is 0 Å². The van der Waals surface area contributed by atoms with E-state index < -0.39 is 25.8 Å². The van der Waals surface area contributed by atoms with E-state index in [9.17, 15) is 17.4 Å². The first-order valence-electron chi connectivity index (χ1n) is 6.19. The highest BCUT2D eigenvalue weighted by molar-refractivity contribution is 8.13. The number of hydrogen-bond donors (Lipinski definition) is 1. The molecule has 2 atom stereocenters. The molecular formula is C13H18ClNO4S2. The summed E-state index contributed by atoms with van der Waals surface area (Å²) in [5, 5.41) is 2.70. The predicted octanol–water partition coefficient (Wildman–Crippen LogP) is 1.73. The molecule has 1 aromatic carbocycles. The monoisotopic (exact) mass is 351 g/mol. The van der Waals surface area contributed by atoms with E-state index in [1.165, 1.54) is 12.1 Å². The van der Waals surface area contributed by atoms with Crippen molar-refractivity contribution in [2.45, 2.75) is 31.7 Å². The first-order valence-corrected chi connectivity index (χ1v) is 10.2. The van der Waals surface area contributed by atoms with Crippen LogP contribution in [0.25, 0.3) is 0 Å². The molecule has 0 aliphatic rings. The van der Waals surface area contributed by atoms with Crippen molar-refractivity contribution >= 4 is 36.4 Å². The van der Waals surface area contributed by atoms with Crippen LogP contribution in [-0.2, 0) is 19.9 Å². The first kappa shape index (κ1) is 18.1. The van der Waals surface area contributed by atoms with E-state index in [2.05, 4.69) is 5.32 Å². The summed E-state index contributed by atoms with van der Waals surface area (Å²) in [6, 6.07) is 2.41. The third-order valence-corrected chi connectivity index (χ3v) is 5.33. The number of benzene rings is 1. The van der Waals surface area contributed by atoms with Gasteiger partial charge in [-0.25, -0.2) is 8.42 Å². The van der Waals surface area contributed by atoms with Gasteiger partial charge in [0.25, 0.3) is 15.0 Å². The van der Waals surface area contributed by atoms with Gasteiger partial charge in [-0.05, 0) is 44.0 Å². The average Bonchev–Trinajstić information content (AvgIpc) is 2.29. The summed E-state index contributed by atoms with van der Waals surface area (Å²) in [7, 11) is 0.404. The fourth-order valence-corrected chi connectivity index (χ4v) is 3.53. The van der Waals surface area contributed by atoms with Crippen LogP contribution in [0.3, 0.4) is 0 Å². The molecule has 0 heterocycles. The molecule has 0 saturated heterocycles. The molecule has 2 unspecified atom stereocenters. The molecule has 0 aromatic heterocycles. The highest BCUT2D eigenvalue weighted by atomic mass is 35.7. The van der Waals surface area contributed by atoms with Gasteiger partial charge in [0.15, 0.2) is 0 Å². The second-order valence-corrected chi connectivity index (χ2v) is 9.01. The maximum atomic E-state index is 12.2. The molecule has 0 spiro atoms. The van der Waals surface area contributed by atoms with Crippen LogP contribution in [0.1, 0.15) is 28.4 Å². The molecule has 8 heteroatoms. The lowest BCUT2D eigenvalue weighted by Crippen LogP contribution is -2.36. The van der Waals surface area contributed by atoms with Gasteiger partial charge in [-0.2, -0.15) is 0 Å². The van der Waals surface area contributed by atoms with Crippen LogP contribution in [0.4, 0.5) is 0 Å². The van der Waals surface area contributed by atoms with E-state index in [4.69, 9.17) is 10.7 Å². The summed E-state index contributed by atoms with van der Waals surface area (Å²) in [5.74, 6) is -0.0761. The molecule has 0 fully saturated rings. The maximum Gasteiger partial charge on any atom is 0.261 e. The molecule has 0 aliphatic heterocycles. The third kappa shape index (κ3) is 5.09. The van der Waals surface area contributed by atoms with Crippen molar-refractivity contribution in [1.29, 1.82) is 0 Å². The summed E-state index contributed by atoms with van der Waals surface area (Å²) in [5.41, 5.74) is 1.60. The highest BCUT2D eigenvalue weighted by Crippen LogP contribution is 2.22. The first-order chi connectivity index (χ1) is 9.52. The molecule has 5 nitrogen and oxygen atoms in total. The summed E-state index contributed by atoms with van der Waals surface area (Å²) in [6.07, 6.45) is 1.55. The quantitative estimate of drug-likeness (QED) is 0.819. The maximum absolute atomic E-state index is 12.2. The minimum atomic E-state index is -3.90. The lowest BCUT2D eigenvalue weighted by molar-refractivity contribution is 0.0942. The van der Waals surface area contributed by atoms with Gasteiger partial charge < -0.3 is 5.32 Å². The second-order valence-electron chi connectivity index (χ2n) is 4.96. The molecule has 118 valence electrons. The molecule has 1 N–H and O–H groups in total. The smallest absolute Gasteiger partial charge is 0.261 e. The number of amides is 1. The Morgan fingerprint density at radius 3 is 2.43 bits per heavy atom. The minimum absolute atomic E-state index is 0.107. The Morgan fingerprint density at radius 2 is 1.95 bits per heavy atom. The van der Waals surface area contributed by atoms with Gasteiger partial charge >= 0.3 is 0 Å². The molecule has 1 aromatic rings. The van der Waals surface area contributed by atoms with E-state index in [0.29, 0.717) is 16.9 Å². The Balaban J connectivity index is 3.15. The fourth-order valence-electron chi connectivity index (χ4n) is 1.90. The van der Waals surface area contributed by atoms with Gasteiger partial charge in [0.1, 0.15) is 0 Å². The summed E-state index contributed by atoms with van der Waals surface area (Å²) in [4.78, 5) is 12.1. The standard InChI is InChI=1S/C13H18ClNO4S2/c1-8-5-11(21(14,18)19)6-12(10(8)3)13(16)15-9(2)7-20(4)17/h5-6,9H,7H2,1-4H3,(H,15,16). The molecule has 1 amide bonds. The third-order valence-electron chi connectivity index (χ3n) is 3.03. The van der Waals surface area contributed by atoms with E-state index in [-0.39, 0.29) is 16.5 Å². The van der Waals surface area contributed by atoms with Crippen molar-refractivity contribution in [2.24, 2.45) is 0 Å². The van der Waals surface area contributed by atoms with Crippen LogP contribution in [-0.4, -0.2) is 36.6 Å². The van der Waals surface area contributed by atoms with Crippen molar-refractivity contribution in [2.75, 3.05) is 12.0 Å². The molecule has 0 radical (unpaired) electrons. The molecule has 0 aliphatic carbocycles. The normalized spacial score (nSPS) is 14.5. The Hall–Kier alpha value is -0.920. The van der Waals surface area contributed by atoms with Crippen molar-refractivity contribution in [3.8, 4) is 0 Å². The van der Waals surface area contributed by atoms with Gasteiger partial charge in [-0.15, -0.1) is 0 Å². The lowest BCUT2D eigenvalue weighted by atomic mass is 10.0. The van der Waals surface area contributed by atoms with Gasteiger partial charge in [0.05, 0.1) is 4.90 Å². The zero-order valence-corrected chi connectivity index (χ0v) is 14.7. The highest BCUT2D eigenvalue weighted by Gasteiger charge is 2.19. The van der Waals surface area contributed by atoms with Crippen LogP contribution in [0.5, 0.6) is 0 Å². The number of aryl methyl sites for hydroxylation is 1. The van der Waals surface area contributed by atoms with Gasteiger partial charge in [0, 0.05) is 45.1 Å². The van der Waals surface area contributed by atoms with Crippen LogP contribution in [0.2, 0.25) is 0 Å². The molecule has 0 saturated carbocycles. The Morgan fingerprint density at radius 1 is 1.38 bits per heavy atom. The van der Waals surface area contributed by atoms with Crippen molar-refractivity contribution in [1.82, 2.24) is 5.32 Å². The number of halogens is 1. The topological polar surface area (TPSA) is 80.3 Å². The molecule has 1 rings (SSSR count). The molecular weight excluding hydrogens is 334 g/mol. The minimum Gasteiger partial charge on any atom is -0.349 e. The number of nitrogens with one attached hydrogen (secondary N) is 1. The van der Waals surface area contributed by atoms with Crippen molar-refractivity contribution in [3.05, 3.63) is 28.8 Å². The number of carbonyl (C=O) groups is 1. The van der Waals surface area contributed by atoms with Crippen LogP contribution in [0, 0.1) is 13.8 Å². The van der Waals surface area contributed by atoms with E-state index in [0.717, 1.165) is 0 Å². The summed E-state index contributed by atoms with van der Waals surface area (Å²) in [6.45, 7) is 5.18. The number of rotatable bonds is 5. The van der Waals surface area contributed by atoms with Gasteiger partial charge in [-0.3, -0.25) is 9.00 Å². The van der Waals surface area contributed by atoms with E-state index in [1.54, 1.807) is 27.0 Å². The summed E-state index contributed by atoms with van der Waals surface area (Å²) >= 11 is 0. The zero-order chi connectivity index (χ0) is 16.4. The van der Waals surface area contributed by atoms with Crippen molar-refractivity contribution < 1.29 is 17.4 Å². The van der Waals surface area contributed by atoms with E-state index in [1.807, 2.05) is 0 Å². The zero-order valence-electron chi connectivity index (χ0n) is 12.3. The molecule has 0 bridgehead atoms. The van der Waals surface area contributed by atoms with Crippen molar-refractivity contribution in [3.63, 3.8) is 0 Å². The summed E-state index contributed by atoms with van der Waals surface area (Å²) < 4.78 is 34.0. The van der Waals surface area contributed by atoms with Crippen LogP contribution < -0.4 is 5.32 Å². The Bertz CT molecular complexity index is 686. The van der Waals surface area contributed by atoms with Crippen LogP contribution in [0.15, 0.2) is 17.0 Å². The fraction of sp³-hybridized carbons (Fsp3) is 0.462. The Labute approximate surface area is 132 Å². The number of hydrogen-bond acceptors (Lipinski definition) is 4. The average molecular weight is 352 g/mol. The lowest BCUT2D eigenvalue weighted by Gasteiger charge is -2.15. The van der Waals surface area contributed by atoms with Crippen LogP contribution >= 0.6 is 10.7 Å². The number of carbonyl (C=O) groups excluding carboxylic acids is 1.